The predicted molar refractivity (Wildman–Crippen MR) is 132 cm³/mol. The molecule has 0 spiro atoms. The third-order valence-electron chi connectivity index (χ3n) is 4.59. The first-order valence-corrected chi connectivity index (χ1v) is 12.1. The maximum Gasteiger partial charge on any atom is 0.248 e. The maximum atomic E-state index is 12.8. The van der Waals surface area contributed by atoms with Gasteiger partial charge in [0.15, 0.2) is 5.82 Å². The lowest BCUT2D eigenvalue weighted by molar-refractivity contribution is 0.100. The summed E-state index contributed by atoms with van der Waals surface area (Å²) in [6, 6.07) is 11.0. The summed E-state index contributed by atoms with van der Waals surface area (Å²) in [5.41, 5.74) is 6.33. The van der Waals surface area contributed by atoms with Crippen LogP contribution in [0.1, 0.15) is 24.2 Å². The van der Waals surface area contributed by atoms with Crippen molar-refractivity contribution < 1.29 is 17.9 Å². The third-order valence-corrected chi connectivity index (χ3v) is 6.34. The number of aromatic nitrogens is 2. The minimum Gasteiger partial charge on any atom is -0.495 e. The number of methoxy groups -OCH3 is 1. The average molecular weight is 505 g/mol. The molecule has 0 saturated heterocycles. The number of benzene rings is 2. The van der Waals surface area contributed by atoms with E-state index in [0.717, 1.165) is 0 Å². The van der Waals surface area contributed by atoms with Crippen LogP contribution in [0.25, 0.3) is 0 Å². The van der Waals surface area contributed by atoms with Gasteiger partial charge >= 0.3 is 0 Å². The lowest BCUT2D eigenvalue weighted by Crippen LogP contribution is -2.28. The second-order valence-corrected chi connectivity index (χ2v) is 9.80. The molecule has 3 aromatic rings. The Bertz CT molecular complexity index is 1300. The van der Waals surface area contributed by atoms with E-state index in [2.05, 4.69) is 25.3 Å². The number of sulfonamides is 1. The molecule has 0 aliphatic carbocycles. The van der Waals surface area contributed by atoms with Crippen molar-refractivity contribution >= 4 is 50.7 Å². The first-order chi connectivity index (χ1) is 16.1. The number of carbonyl (C=O) groups is 1. The summed E-state index contributed by atoms with van der Waals surface area (Å²) in [5.74, 6) is 0.283. The Balaban J connectivity index is 1.92. The first kappa shape index (κ1) is 25.2. The predicted octanol–water partition coefficient (Wildman–Crippen LogP) is 3.66. The minimum absolute atomic E-state index is 0.0515. The molecule has 5 N–H and O–H groups in total. The van der Waals surface area contributed by atoms with Crippen LogP contribution in [0.3, 0.4) is 0 Å². The molecule has 0 atom stereocenters. The molecule has 180 valence electrons. The number of nitrogens with zero attached hydrogens (tertiary/aromatic N) is 2. The van der Waals surface area contributed by atoms with Crippen LogP contribution >= 0.6 is 11.6 Å². The fourth-order valence-corrected chi connectivity index (χ4v) is 4.39. The van der Waals surface area contributed by atoms with Gasteiger partial charge in [-0.2, -0.15) is 4.98 Å². The average Bonchev–Trinajstić information content (AvgIpc) is 2.80. The summed E-state index contributed by atoms with van der Waals surface area (Å²) in [6.45, 7) is 4.12. The summed E-state index contributed by atoms with van der Waals surface area (Å²) in [7, 11) is -2.30. The van der Waals surface area contributed by atoms with Crippen molar-refractivity contribution in [2.24, 2.45) is 11.7 Å². The fourth-order valence-electron chi connectivity index (χ4n) is 2.88. The number of primary amides is 1. The van der Waals surface area contributed by atoms with Gasteiger partial charge in [0.05, 0.1) is 24.7 Å². The van der Waals surface area contributed by atoms with E-state index in [1.165, 1.54) is 31.5 Å². The zero-order valence-corrected chi connectivity index (χ0v) is 20.4. The van der Waals surface area contributed by atoms with Crippen LogP contribution < -0.4 is 25.8 Å². The summed E-state index contributed by atoms with van der Waals surface area (Å²) in [4.78, 5) is 20.1. The molecule has 3 rings (SSSR count). The van der Waals surface area contributed by atoms with E-state index in [-0.39, 0.29) is 33.2 Å². The topological polar surface area (TPSA) is 148 Å². The molecule has 10 nitrogen and oxygen atoms in total. The smallest absolute Gasteiger partial charge is 0.248 e. The van der Waals surface area contributed by atoms with E-state index in [1.807, 2.05) is 13.8 Å². The lowest BCUT2D eigenvalue weighted by atomic mass is 10.2. The second kappa shape index (κ2) is 10.7. The fraction of sp³-hybridized carbons (Fsp3) is 0.227. The van der Waals surface area contributed by atoms with Crippen molar-refractivity contribution in [3.8, 4) is 5.75 Å². The number of rotatable bonds is 10. The molecule has 34 heavy (non-hydrogen) atoms. The molecule has 0 fully saturated rings. The van der Waals surface area contributed by atoms with Gasteiger partial charge in [-0.1, -0.05) is 37.6 Å². The van der Waals surface area contributed by atoms with Crippen molar-refractivity contribution in [3.05, 3.63) is 59.2 Å². The molecule has 0 bridgehead atoms. The Hall–Kier alpha value is -3.41. The number of hydrogen-bond acceptors (Lipinski definition) is 8. The van der Waals surface area contributed by atoms with E-state index in [1.54, 1.807) is 24.3 Å². The number of hydrogen-bond donors (Lipinski definition) is 4. The molecule has 0 aliphatic rings. The van der Waals surface area contributed by atoms with Gasteiger partial charge in [-0.25, -0.2) is 18.1 Å². The Kier molecular flexibility index (Phi) is 7.92. The van der Waals surface area contributed by atoms with Crippen molar-refractivity contribution in [2.75, 3.05) is 24.3 Å². The molecular weight excluding hydrogens is 480 g/mol. The van der Waals surface area contributed by atoms with Crippen molar-refractivity contribution in [2.45, 2.75) is 18.7 Å². The van der Waals surface area contributed by atoms with Crippen molar-refractivity contribution in [3.63, 3.8) is 0 Å². The van der Waals surface area contributed by atoms with E-state index in [0.29, 0.717) is 23.7 Å². The van der Waals surface area contributed by atoms with Gasteiger partial charge < -0.3 is 21.1 Å². The summed E-state index contributed by atoms with van der Waals surface area (Å²) in [6.07, 6.45) is 1.36. The zero-order chi connectivity index (χ0) is 24.9. The monoisotopic (exact) mass is 504 g/mol. The van der Waals surface area contributed by atoms with Gasteiger partial charge in [-0.3, -0.25) is 4.79 Å². The molecule has 2 aromatic carbocycles. The van der Waals surface area contributed by atoms with Crippen molar-refractivity contribution in [1.29, 1.82) is 0 Å². The zero-order valence-electron chi connectivity index (χ0n) is 18.8. The Morgan fingerprint density at radius 1 is 1.15 bits per heavy atom. The van der Waals surface area contributed by atoms with Crippen LogP contribution in [0.15, 0.2) is 53.6 Å². The molecule has 12 heteroatoms. The number of ether oxygens (including phenoxy) is 1. The van der Waals surface area contributed by atoms with Gasteiger partial charge in [0.1, 0.15) is 15.7 Å². The van der Waals surface area contributed by atoms with Crippen LogP contribution in [0.4, 0.5) is 23.1 Å². The SMILES string of the molecule is COc1ccc(C(N)=O)cc1Nc1ncc(Cl)c(Nc2ccccc2S(=O)(=O)NCC(C)C)n1. The summed E-state index contributed by atoms with van der Waals surface area (Å²) in [5, 5.41) is 6.11. The number of amides is 1. The molecule has 0 saturated carbocycles. The molecule has 0 aliphatic heterocycles. The Morgan fingerprint density at radius 2 is 1.88 bits per heavy atom. The van der Waals surface area contributed by atoms with Gasteiger partial charge in [-0.05, 0) is 36.2 Å². The number of anilines is 4. The molecule has 1 amide bonds. The van der Waals surface area contributed by atoms with Gasteiger partial charge in [0.25, 0.3) is 0 Å². The third kappa shape index (κ3) is 6.13. The molecule has 0 radical (unpaired) electrons. The quantitative estimate of drug-likeness (QED) is 0.327. The molecule has 1 heterocycles. The minimum atomic E-state index is -3.77. The van der Waals surface area contributed by atoms with Crippen LogP contribution in [-0.2, 0) is 10.0 Å². The Morgan fingerprint density at radius 3 is 2.56 bits per heavy atom. The van der Waals surface area contributed by atoms with Crippen molar-refractivity contribution in [1.82, 2.24) is 14.7 Å². The summed E-state index contributed by atoms with van der Waals surface area (Å²) < 4.78 is 33.5. The number of carbonyl (C=O) groups excluding carboxylic acids is 1. The highest BCUT2D eigenvalue weighted by atomic mass is 35.5. The van der Waals surface area contributed by atoms with Crippen LogP contribution in [-0.4, -0.2) is 37.9 Å². The molecule has 0 unspecified atom stereocenters. The summed E-state index contributed by atoms with van der Waals surface area (Å²) >= 11 is 6.28. The second-order valence-electron chi connectivity index (χ2n) is 7.66. The van der Waals surface area contributed by atoms with E-state index >= 15 is 0 Å². The highest BCUT2D eigenvalue weighted by Gasteiger charge is 2.20. The van der Waals surface area contributed by atoms with E-state index < -0.39 is 15.9 Å². The van der Waals surface area contributed by atoms with Gasteiger partial charge in [0, 0.05) is 12.1 Å². The number of para-hydroxylation sites is 1. The number of nitrogens with two attached hydrogens (primary N) is 1. The van der Waals surface area contributed by atoms with Crippen LogP contribution in [0, 0.1) is 5.92 Å². The largest absolute Gasteiger partial charge is 0.495 e. The number of halogens is 1. The van der Waals surface area contributed by atoms with Gasteiger partial charge in [-0.15, -0.1) is 0 Å². The van der Waals surface area contributed by atoms with Crippen LogP contribution in [0.2, 0.25) is 5.02 Å². The maximum absolute atomic E-state index is 12.8. The standard InChI is InChI=1S/C22H25ClN6O4S/c1-13(2)11-26-34(31,32)19-7-5-4-6-16(19)27-21-15(23)12-25-22(29-21)28-17-10-14(20(24)30)8-9-18(17)33-3/h4-10,12-13,26H,11H2,1-3H3,(H2,24,30)(H2,25,27,28,29). The van der Waals surface area contributed by atoms with Gasteiger partial charge in [0.2, 0.25) is 21.9 Å². The molecule has 1 aromatic heterocycles. The lowest BCUT2D eigenvalue weighted by Gasteiger charge is -2.15. The van der Waals surface area contributed by atoms with E-state index in [9.17, 15) is 13.2 Å². The molecular formula is C22H25ClN6O4S. The normalized spacial score (nSPS) is 11.3. The first-order valence-electron chi connectivity index (χ1n) is 10.2. The Labute approximate surface area is 203 Å². The number of nitrogens with one attached hydrogen (secondary N) is 3. The highest BCUT2D eigenvalue weighted by molar-refractivity contribution is 7.89. The highest BCUT2D eigenvalue weighted by Crippen LogP contribution is 2.31. The van der Waals surface area contributed by atoms with E-state index in [4.69, 9.17) is 22.1 Å². The van der Waals surface area contributed by atoms with Crippen LogP contribution in [0.5, 0.6) is 5.75 Å².